The molecule has 0 bridgehead atoms. The van der Waals surface area contributed by atoms with Gasteiger partial charge in [0.1, 0.15) is 5.82 Å². The van der Waals surface area contributed by atoms with Gasteiger partial charge in [0.25, 0.3) is 0 Å². The van der Waals surface area contributed by atoms with Gasteiger partial charge in [0.2, 0.25) is 17.7 Å². The molecular formula is C26H28N8O2. The molecule has 2 N–H and O–H groups in total. The minimum absolute atomic E-state index is 0.297. The molecule has 0 unspecified atom stereocenters. The van der Waals surface area contributed by atoms with Crippen LogP contribution in [-0.2, 0) is 11.3 Å². The lowest BCUT2D eigenvalue weighted by Gasteiger charge is -2.34. The summed E-state index contributed by atoms with van der Waals surface area (Å²) in [6, 6.07) is 11.9. The predicted octanol–water partition coefficient (Wildman–Crippen LogP) is 3.22. The smallest absolute Gasteiger partial charge is 0.241 e. The van der Waals surface area contributed by atoms with E-state index in [1.165, 1.54) is 5.56 Å². The highest BCUT2D eigenvalue weighted by Gasteiger charge is 2.34. The molecule has 2 aliphatic rings. The van der Waals surface area contributed by atoms with Crippen LogP contribution in [0.1, 0.15) is 18.4 Å². The molecule has 3 aromatic heterocycles. The maximum absolute atomic E-state index is 12.3. The number of fused-ring (bicyclic) bond motifs is 1. The zero-order chi connectivity index (χ0) is 24.5. The Kier molecular flexibility index (Phi) is 5.94. The second kappa shape index (κ2) is 9.54. The van der Waals surface area contributed by atoms with Crippen LogP contribution in [0.25, 0.3) is 22.2 Å². The summed E-state index contributed by atoms with van der Waals surface area (Å²) < 4.78 is 5.35. The summed E-state index contributed by atoms with van der Waals surface area (Å²) in [7, 11) is 1.58. The highest BCUT2D eigenvalue weighted by Crippen LogP contribution is 2.32. The van der Waals surface area contributed by atoms with Crippen LogP contribution in [0.2, 0.25) is 0 Å². The monoisotopic (exact) mass is 484 g/mol. The van der Waals surface area contributed by atoms with Crippen LogP contribution < -0.4 is 10.1 Å². The highest BCUT2D eigenvalue weighted by atomic mass is 16.5. The van der Waals surface area contributed by atoms with Gasteiger partial charge in [0.05, 0.1) is 24.3 Å². The van der Waals surface area contributed by atoms with E-state index in [0.717, 1.165) is 73.5 Å². The number of anilines is 2. The zero-order valence-corrected chi connectivity index (χ0v) is 20.1. The number of ether oxygens (including phenoxy) is 1. The van der Waals surface area contributed by atoms with E-state index in [1.807, 2.05) is 47.5 Å². The molecule has 6 rings (SSSR count). The number of pyridine rings is 1. The first kappa shape index (κ1) is 22.4. The molecule has 184 valence electrons. The van der Waals surface area contributed by atoms with Crippen molar-refractivity contribution in [3.05, 3.63) is 54.4 Å². The number of aromatic nitrogens is 5. The minimum atomic E-state index is 0.297. The van der Waals surface area contributed by atoms with Gasteiger partial charge in [-0.15, -0.1) is 5.10 Å². The number of amides is 1. The lowest BCUT2D eigenvalue weighted by Crippen LogP contribution is -2.48. The Hall–Kier alpha value is -4.05. The summed E-state index contributed by atoms with van der Waals surface area (Å²) >= 11 is 0. The Morgan fingerprint density at radius 1 is 1.11 bits per heavy atom. The van der Waals surface area contributed by atoms with Crippen molar-refractivity contribution in [1.82, 2.24) is 34.9 Å². The molecule has 1 amide bonds. The number of hydrogen-bond donors (Lipinski definition) is 2. The Bertz CT molecular complexity index is 1390. The van der Waals surface area contributed by atoms with Crippen LogP contribution in [0, 0.1) is 5.92 Å². The number of nitrogens with zero attached hydrogens (tertiary/aromatic N) is 6. The van der Waals surface area contributed by atoms with Crippen molar-refractivity contribution < 1.29 is 9.53 Å². The van der Waals surface area contributed by atoms with Crippen molar-refractivity contribution in [3.63, 3.8) is 0 Å². The van der Waals surface area contributed by atoms with E-state index in [4.69, 9.17) is 4.74 Å². The van der Waals surface area contributed by atoms with E-state index < -0.39 is 0 Å². The van der Waals surface area contributed by atoms with Crippen molar-refractivity contribution in [1.29, 1.82) is 0 Å². The van der Waals surface area contributed by atoms with E-state index in [0.29, 0.717) is 23.7 Å². The SMILES string of the molecule is COc1nnccc1-c1ccc2nc(Nc3cc(CN4CCN(C(=O)C5CC5)CC4)ccn3)[nH]c2c1. The van der Waals surface area contributed by atoms with E-state index in [1.54, 1.807) is 13.3 Å². The summed E-state index contributed by atoms with van der Waals surface area (Å²) in [6.07, 6.45) is 5.59. The quantitative estimate of drug-likeness (QED) is 0.411. The molecule has 0 radical (unpaired) electrons. The van der Waals surface area contributed by atoms with Crippen molar-refractivity contribution >= 4 is 28.7 Å². The summed E-state index contributed by atoms with van der Waals surface area (Å²) in [5.41, 5.74) is 4.74. The molecule has 36 heavy (non-hydrogen) atoms. The molecule has 1 aliphatic heterocycles. The standard InChI is InChI=1S/C26H28N8O2/c1-36-24-20(7-9-28-32-24)19-4-5-21-22(15-19)30-26(29-21)31-23-14-17(6-8-27-23)16-33-10-12-34(13-11-33)25(35)18-2-3-18/h4-9,14-15,18H,2-3,10-13,16H2,1H3,(H2,27,29,30,31). The molecule has 10 nitrogen and oxygen atoms in total. The van der Waals surface area contributed by atoms with Gasteiger partial charge in [-0.2, -0.15) is 5.10 Å². The molecule has 1 aliphatic carbocycles. The average molecular weight is 485 g/mol. The van der Waals surface area contributed by atoms with Crippen LogP contribution in [0.4, 0.5) is 11.8 Å². The fourth-order valence-corrected chi connectivity index (χ4v) is 4.66. The lowest BCUT2D eigenvalue weighted by atomic mass is 10.1. The maximum Gasteiger partial charge on any atom is 0.241 e. The van der Waals surface area contributed by atoms with Crippen LogP contribution in [0.5, 0.6) is 5.88 Å². The number of aromatic amines is 1. The van der Waals surface area contributed by atoms with Gasteiger partial charge in [-0.3, -0.25) is 9.69 Å². The molecule has 1 saturated heterocycles. The molecule has 0 atom stereocenters. The van der Waals surface area contributed by atoms with E-state index >= 15 is 0 Å². The second-order valence-electron chi connectivity index (χ2n) is 9.32. The maximum atomic E-state index is 12.3. The summed E-state index contributed by atoms with van der Waals surface area (Å²) in [4.78, 5) is 29.2. The number of H-pyrrole nitrogens is 1. The first-order valence-electron chi connectivity index (χ1n) is 12.3. The molecule has 10 heteroatoms. The molecule has 4 heterocycles. The second-order valence-corrected chi connectivity index (χ2v) is 9.32. The minimum Gasteiger partial charge on any atom is -0.479 e. The third-order valence-electron chi connectivity index (χ3n) is 6.76. The van der Waals surface area contributed by atoms with Crippen molar-refractivity contribution in [2.75, 3.05) is 38.6 Å². The van der Waals surface area contributed by atoms with Gasteiger partial charge in [-0.1, -0.05) is 6.07 Å². The normalized spacial score (nSPS) is 16.3. The number of methoxy groups -OCH3 is 1. The molecule has 0 spiro atoms. The number of hydrogen-bond acceptors (Lipinski definition) is 8. The van der Waals surface area contributed by atoms with Gasteiger partial charge in [-0.05, 0) is 54.3 Å². The summed E-state index contributed by atoms with van der Waals surface area (Å²) in [5.74, 6) is 2.48. The third kappa shape index (κ3) is 4.72. The largest absolute Gasteiger partial charge is 0.479 e. The van der Waals surface area contributed by atoms with E-state index in [2.05, 4.69) is 35.4 Å². The Labute approximate surface area is 208 Å². The molecule has 2 fully saturated rings. The molecule has 4 aromatic rings. The first-order chi connectivity index (χ1) is 17.7. The number of carbonyl (C=O) groups excluding carboxylic acids is 1. The highest BCUT2D eigenvalue weighted by molar-refractivity contribution is 5.85. The molecular weight excluding hydrogens is 456 g/mol. The van der Waals surface area contributed by atoms with Crippen molar-refractivity contribution in [2.24, 2.45) is 5.92 Å². The predicted molar refractivity (Wildman–Crippen MR) is 136 cm³/mol. The summed E-state index contributed by atoms with van der Waals surface area (Å²) in [6.45, 7) is 4.25. The molecule has 1 aromatic carbocycles. The zero-order valence-electron chi connectivity index (χ0n) is 20.1. The Morgan fingerprint density at radius 3 is 2.78 bits per heavy atom. The number of benzene rings is 1. The number of imidazole rings is 1. The van der Waals surface area contributed by atoms with Crippen molar-refractivity contribution in [2.45, 2.75) is 19.4 Å². The van der Waals surface area contributed by atoms with Crippen LogP contribution in [0.15, 0.2) is 48.8 Å². The van der Waals surface area contributed by atoms with Crippen LogP contribution in [-0.4, -0.2) is 74.1 Å². The number of nitrogens with one attached hydrogen (secondary N) is 2. The van der Waals surface area contributed by atoms with Gasteiger partial charge in [-0.25, -0.2) is 9.97 Å². The number of rotatable bonds is 7. The fourth-order valence-electron chi connectivity index (χ4n) is 4.66. The topological polar surface area (TPSA) is 112 Å². The van der Waals surface area contributed by atoms with Gasteiger partial charge >= 0.3 is 0 Å². The van der Waals surface area contributed by atoms with Gasteiger partial charge in [0.15, 0.2) is 0 Å². The number of carbonyl (C=O) groups is 1. The van der Waals surface area contributed by atoms with Gasteiger partial charge < -0.3 is 19.9 Å². The molecule has 1 saturated carbocycles. The lowest BCUT2D eigenvalue weighted by molar-refractivity contribution is -0.134. The van der Waals surface area contributed by atoms with E-state index in [9.17, 15) is 4.79 Å². The Balaban J connectivity index is 1.12. The van der Waals surface area contributed by atoms with Crippen molar-refractivity contribution in [3.8, 4) is 17.0 Å². The van der Waals surface area contributed by atoms with Crippen LogP contribution in [0.3, 0.4) is 0 Å². The number of piperazine rings is 1. The average Bonchev–Trinajstić information content (AvgIpc) is 3.68. The summed E-state index contributed by atoms with van der Waals surface area (Å²) in [5, 5.41) is 11.2. The van der Waals surface area contributed by atoms with E-state index in [-0.39, 0.29) is 0 Å². The first-order valence-corrected chi connectivity index (χ1v) is 12.3. The fraction of sp³-hybridized carbons (Fsp3) is 0.346. The van der Waals surface area contributed by atoms with Gasteiger partial charge in [0, 0.05) is 50.4 Å². The Morgan fingerprint density at radius 2 is 1.97 bits per heavy atom. The third-order valence-corrected chi connectivity index (χ3v) is 6.76. The van der Waals surface area contributed by atoms with Crippen LogP contribution >= 0.6 is 0 Å².